The van der Waals surface area contributed by atoms with Gasteiger partial charge in [0.1, 0.15) is 0 Å². The lowest BCUT2D eigenvalue weighted by Crippen LogP contribution is -2.50. The molecule has 2 saturated heterocycles. The molecule has 0 spiro atoms. The van der Waals surface area contributed by atoms with Gasteiger partial charge in [-0.05, 0) is 38.1 Å². The van der Waals surface area contributed by atoms with Crippen LogP contribution in [-0.2, 0) is 14.3 Å². The third-order valence-electron chi connectivity index (χ3n) is 4.34. The van der Waals surface area contributed by atoms with Crippen molar-refractivity contribution in [2.75, 3.05) is 24.5 Å². The fourth-order valence-corrected chi connectivity index (χ4v) is 3.49. The maximum atomic E-state index is 12.7. The van der Waals surface area contributed by atoms with Gasteiger partial charge in [-0.3, -0.25) is 9.59 Å². The second-order valence-corrected chi connectivity index (χ2v) is 6.82. The van der Waals surface area contributed by atoms with Crippen LogP contribution in [0.15, 0.2) is 24.3 Å². The first-order valence-electron chi connectivity index (χ1n) is 7.94. The molecule has 0 N–H and O–H groups in total. The zero-order chi connectivity index (χ0) is 16.6. The molecule has 6 heteroatoms. The number of hydrogen-bond acceptors (Lipinski definition) is 3. The van der Waals surface area contributed by atoms with Crippen LogP contribution in [0.3, 0.4) is 0 Å². The maximum Gasteiger partial charge on any atom is 0.228 e. The summed E-state index contributed by atoms with van der Waals surface area (Å²) < 4.78 is 5.67. The van der Waals surface area contributed by atoms with E-state index in [1.54, 1.807) is 17.0 Å². The lowest BCUT2D eigenvalue weighted by molar-refractivity contribution is -0.147. The number of hydrogen-bond donors (Lipinski definition) is 0. The van der Waals surface area contributed by atoms with E-state index in [0.29, 0.717) is 24.7 Å². The van der Waals surface area contributed by atoms with Gasteiger partial charge in [0.25, 0.3) is 0 Å². The van der Waals surface area contributed by atoms with Crippen LogP contribution < -0.4 is 4.90 Å². The predicted octanol–water partition coefficient (Wildman–Crippen LogP) is 2.33. The molecule has 2 aliphatic heterocycles. The molecule has 23 heavy (non-hydrogen) atoms. The van der Waals surface area contributed by atoms with Crippen LogP contribution >= 0.6 is 11.6 Å². The molecule has 0 saturated carbocycles. The van der Waals surface area contributed by atoms with Crippen molar-refractivity contribution in [2.45, 2.75) is 32.5 Å². The van der Waals surface area contributed by atoms with E-state index in [1.165, 1.54) is 0 Å². The number of carbonyl (C=O) groups is 2. The second-order valence-electron chi connectivity index (χ2n) is 6.38. The van der Waals surface area contributed by atoms with E-state index in [0.717, 1.165) is 5.69 Å². The summed E-state index contributed by atoms with van der Waals surface area (Å²) in [5, 5.41) is 0.629. The first kappa shape index (κ1) is 16.3. The number of nitrogens with zero attached hydrogens (tertiary/aromatic N) is 2. The molecule has 0 radical (unpaired) electrons. The molecule has 3 rings (SSSR count). The van der Waals surface area contributed by atoms with E-state index in [-0.39, 0.29) is 36.4 Å². The monoisotopic (exact) mass is 336 g/mol. The van der Waals surface area contributed by atoms with Gasteiger partial charge in [0.05, 0.1) is 18.1 Å². The van der Waals surface area contributed by atoms with Gasteiger partial charge < -0.3 is 14.5 Å². The summed E-state index contributed by atoms with van der Waals surface area (Å²) in [4.78, 5) is 28.5. The number of rotatable bonds is 2. The van der Waals surface area contributed by atoms with Crippen molar-refractivity contribution in [1.29, 1.82) is 0 Å². The molecule has 2 aliphatic rings. The Labute approximate surface area is 141 Å². The Morgan fingerprint density at radius 1 is 1.13 bits per heavy atom. The second kappa shape index (κ2) is 6.49. The maximum absolute atomic E-state index is 12.7. The Bertz CT molecular complexity index is 594. The molecule has 2 heterocycles. The Kier molecular flexibility index (Phi) is 4.60. The van der Waals surface area contributed by atoms with Crippen LogP contribution in [-0.4, -0.2) is 48.6 Å². The topological polar surface area (TPSA) is 49.9 Å². The normalized spacial score (nSPS) is 28.3. The van der Waals surface area contributed by atoms with Crippen LogP contribution in [0.4, 0.5) is 5.69 Å². The van der Waals surface area contributed by atoms with Crippen LogP contribution in [0, 0.1) is 5.92 Å². The molecule has 5 nitrogen and oxygen atoms in total. The van der Waals surface area contributed by atoms with Gasteiger partial charge in [0.2, 0.25) is 11.8 Å². The van der Waals surface area contributed by atoms with Crippen molar-refractivity contribution < 1.29 is 14.3 Å². The number of morpholine rings is 1. The summed E-state index contributed by atoms with van der Waals surface area (Å²) >= 11 is 5.89. The molecular weight excluding hydrogens is 316 g/mol. The highest BCUT2D eigenvalue weighted by atomic mass is 35.5. The van der Waals surface area contributed by atoms with Crippen LogP contribution in [0.25, 0.3) is 0 Å². The Morgan fingerprint density at radius 3 is 2.35 bits per heavy atom. The summed E-state index contributed by atoms with van der Waals surface area (Å²) in [6.07, 6.45) is 0.334. The predicted molar refractivity (Wildman–Crippen MR) is 88.5 cm³/mol. The molecule has 3 atom stereocenters. The van der Waals surface area contributed by atoms with E-state index in [1.807, 2.05) is 30.9 Å². The highest BCUT2D eigenvalue weighted by Gasteiger charge is 2.38. The molecule has 0 unspecified atom stereocenters. The molecule has 124 valence electrons. The molecule has 2 fully saturated rings. The van der Waals surface area contributed by atoms with Crippen molar-refractivity contribution in [2.24, 2.45) is 5.92 Å². The highest BCUT2D eigenvalue weighted by molar-refractivity contribution is 6.30. The zero-order valence-electron chi connectivity index (χ0n) is 13.4. The summed E-state index contributed by atoms with van der Waals surface area (Å²) in [6, 6.07) is 7.13. The van der Waals surface area contributed by atoms with E-state index >= 15 is 0 Å². The number of amides is 2. The minimum Gasteiger partial charge on any atom is -0.372 e. The number of benzene rings is 1. The van der Waals surface area contributed by atoms with Gasteiger partial charge in [0.15, 0.2) is 0 Å². The van der Waals surface area contributed by atoms with Gasteiger partial charge in [-0.1, -0.05) is 11.6 Å². The van der Waals surface area contributed by atoms with Gasteiger partial charge in [0, 0.05) is 36.8 Å². The Balaban J connectivity index is 1.69. The van der Waals surface area contributed by atoms with E-state index in [9.17, 15) is 9.59 Å². The first-order chi connectivity index (χ1) is 10.9. The van der Waals surface area contributed by atoms with Crippen LogP contribution in [0.5, 0.6) is 0 Å². The molecule has 1 aromatic carbocycles. The van der Waals surface area contributed by atoms with Crippen molar-refractivity contribution in [3.63, 3.8) is 0 Å². The average molecular weight is 337 g/mol. The number of anilines is 1. The average Bonchev–Trinajstić information content (AvgIpc) is 2.88. The molecule has 0 bridgehead atoms. The SMILES string of the molecule is C[C@@H]1CN(C(=O)[C@H]2CC(=O)N(c3ccc(Cl)cc3)C2)C[C@H](C)O1. The van der Waals surface area contributed by atoms with E-state index in [2.05, 4.69) is 0 Å². The third kappa shape index (κ3) is 3.51. The summed E-state index contributed by atoms with van der Waals surface area (Å²) in [5.41, 5.74) is 0.790. The fraction of sp³-hybridized carbons (Fsp3) is 0.529. The minimum absolute atomic E-state index is 0.0139. The third-order valence-corrected chi connectivity index (χ3v) is 4.60. The van der Waals surface area contributed by atoms with E-state index < -0.39 is 0 Å². The van der Waals surface area contributed by atoms with Crippen molar-refractivity contribution in [3.8, 4) is 0 Å². The van der Waals surface area contributed by atoms with Crippen molar-refractivity contribution >= 4 is 29.1 Å². The standard InChI is InChI=1S/C17H21ClN2O3/c1-11-8-19(9-12(2)23-11)17(22)13-7-16(21)20(10-13)15-5-3-14(18)4-6-15/h3-6,11-13H,7-10H2,1-2H3/t11-,12+,13-/m0/s1. The zero-order valence-corrected chi connectivity index (χ0v) is 14.1. The summed E-state index contributed by atoms with van der Waals surface area (Å²) in [6.45, 7) is 5.55. The lowest BCUT2D eigenvalue weighted by Gasteiger charge is -2.36. The molecule has 1 aromatic rings. The molecular formula is C17H21ClN2O3. The van der Waals surface area contributed by atoms with Gasteiger partial charge in [-0.25, -0.2) is 0 Å². The Hall–Kier alpha value is -1.59. The van der Waals surface area contributed by atoms with E-state index in [4.69, 9.17) is 16.3 Å². The van der Waals surface area contributed by atoms with Crippen LogP contribution in [0.1, 0.15) is 20.3 Å². The smallest absolute Gasteiger partial charge is 0.228 e. The number of carbonyl (C=O) groups excluding carboxylic acids is 2. The quantitative estimate of drug-likeness (QED) is 0.833. The number of halogens is 1. The van der Waals surface area contributed by atoms with Gasteiger partial charge in [-0.15, -0.1) is 0 Å². The number of ether oxygens (including phenoxy) is 1. The largest absolute Gasteiger partial charge is 0.372 e. The highest BCUT2D eigenvalue weighted by Crippen LogP contribution is 2.28. The van der Waals surface area contributed by atoms with Gasteiger partial charge >= 0.3 is 0 Å². The fourth-order valence-electron chi connectivity index (χ4n) is 3.36. The molecule has 0 aromatic heterocycles. The summed E-state index contributed by atoms with van der Waals surface area (Å²) in [5.74, 6) is -0.243. The van der Waals surface area contributed by atoms with Gasteiger partial charge in [-0.2, -0.15) is 0 Å². The summed E-state index contributed by atoms with van der Waals surface area (Å²) in [7, 11) is 0. The van der Waals surface area contributed by atoms with Crippen LogP contribution in [0.2, 0.25) is 5.02 Å². The van der Waals surface area contributed by atoms with Crippen molar-refractivity contribution in [3.05, 3.63) is 29.3 Å². The molecule has 0 aliphatic carbocycles. The van der Waals surface area contributed by atoms with Crippen molar-refractivity contribution in [1.82, 2.24) is 4.90 Å². The minimum atomic E-state index is -0.282. The Morgan fingerprint density at radius 2 is 1.74 bits per heavy atom. The lowest BCUT2D eigenvalue weighted by atomic mass is 10.1. The molecule has 2 amide bonds. The first-order valence-corrected chi connectivity index (χ1v) is 8.32.